The van der Waals surface area contributed by atoms with Crippen molar-refractivity contribution in [3.8, 4) is 0 Å². The minimum atomic E-state index is -3.77. The van der Waals surface area contributed by atoms with Crippen LogP contribution in [0.15, 0.2) is 64.6 Å². The van der Waals surface area contributed by atoms with Gasteiger partial charge in [-0.1, -0.05) is 42.5 Å². The van der Waals surface area contributed by atoms with Gasteiger partial charge >= 0.3 is 0 Å². The molecule has 2 aromatic carbocycles. The lowest BCUT2D eigenvalue weighted by atomic mass is 10.1. The summed E-state index contributed by atoms with van der Waals surface area (Å²) >= 11 is 0. The van der Waals surface area contributed by atoms with Crippen molar-refractivity contribution in [2.24, 2.45) is 4.40 Å². The van der Waals surface area contributed by atoms with Gasteiger partial charge in [-0.3, -0.25) is 4.90 Å². The smallest absolute Gasteiger partial charge is 0.285 e. The first-order valence-corrected chi connectivity index (χ1v) is 10.7. The zero-order chi connectivity index (χ0) is 19.7. The Kier molecular flexibility index (Phi) is 5.03. The molecule has 0 spiro atoms. The third kappa shape index (κ3) is 3.72. The maximum absolute atomic E-state index is 13.2. The van der Waals surface area contributed by atoms with Crippen molar-refractivity contribution in [2.75, 3.05) is 26.2 Å². The van der Waals surface area contributed by atoms with Gasteiger partial charge in [0.1, 0.15) is 16.6 Å². The third-order valence-electron chi connectivity index (χ3n) is 5.17. The number of nitrogens with zero attached hydrogens (tertiary/aromatic N) is 3. The van der Waals surface area contributed by atoms with Gasteiger partial charge in [0.25, 0.3) is 10.0 Å². The van der Waals surface area contributed by atoms with E-state index in [0.717, 1.165) is 32.7 Å². The van der Waals surface area contributed by atoms with E-state index in [9.17, 15) is 12.8 Å². The van der Waals surface area contributed by atoms with Crippen molar-refractivity contribution in [3.63, 3.8) is 0 Å². The highest BCUT2D eigenvalue weighted by atomic mass is 32.2. The van der Waals surface area contributed by atoms with E-state index in [1.165, 1.54) is 29.8 Å². The van der Waals surface area contributed by atoms with Crippen LogP contribution in [0.2, 0.25) is 0 Å². The van der Waals surface area contributed by atoms with Gasteiger partial charge < -0.3 is 4.90 Å². The Balaban J connectivity index is 1.50. The molecule has 0 aromatic heterocycles. The van der Waals surface area contributed by atoms with Crippen LogP contribution in [0.1, 0.15) is 18.1 Å². The highest BCUT2D eigenvalue weighted by molar-refractivity contribution is 8.00. The first-order valence-electron chi connectivity index (χ1n) is 9.27. The maximum Gasteiger partial charge on any atom is 0.285 e. The van der Waals surface area contributed by atoms with Gasteiger partial charge in [0, 0.05) is 38.3 Å². The van der Waals surface area contributed by atoms with E-state index in [2.05, 4.69) is 21.4 Å². The second kappa shape index (κ2) is 7.48. The van der Waals surface area contributed by atoms with Gasteiger partial charge in [0.15, 0.2) is 0 Å². The molecule has 4 rings (SSSR count). The van der Waals surface area contributed by atoms with Crippen molar-refractivity contribution in [1.29, 1.82) is 0 Å². The normalized spacial score (nSPS) is 19.8. The van der Waals surface area contributed by atoms with Crippen LogP contribution in [-0.4, -0.2) is 50.2 Å². The highest BCUT2D eigenvalue weighted by Gasteiger charge is 2.34. The van der Waals surface area contributed by atoms with Crippen LogP contribution < -0.4 is 0 Å². The summed E-state index contributed by atoms with van der Waals surface area (Å²) in [7, 11) is -3.77. The van der Waals surface area contributed by atoms with Crippen LogP contribution in [0.25, 0.3) is 4.91 Å². The molecule has 0 amide bonds. The molecule has 1 saturated heterocycles. The summed E-state index contributed by atoms with van der Waals surface area (Å²) < 4.78 is 42.5. The monoisotopic (exact) mass is 399 g/mol. The summed E-state index contributed by atoms with van der Waals surface area (Å²) in [6, 6.07) is 15.8. The van der Waals surface area contributed by atoms with Crippen molar-refractivity contribution < 1.29 is 12.8 Å². The molecule has 146 valence electrons. The van der Waals surface area contributed by atoms with Crippen LogP contribution in [0.4, 0.5) is 4.39 Å². The number of halogens is 1. The predicted molar refractivity (Wildman–Crippen MR) is 109 cm³/mol. The second-order valence-electron chi connectivity index (χ2n) is 7.10. The fourth-order valence-electron chi connectivity index (χ4n) is 3.74. The minimum Gasteiger partial charge on any atom is -0.353 e. The molecule has 0 bridgehead atoms. The molecule has 7 heteroatoms. The summed E-state index contributed by atoms with van der Waals surface area (Å²) in [4.78, 5) is 4.56. The second-order valence-corrected chi connectivity index (χ2v) is 8.64. The zero-order valence-corrected chi connectivity index (χ0v) is 16.5. The lowest BCUT2D eigenvalue weighted by molar-refractivity contribution is 0.176. The molecule has 0 N–H and O–H groups in total. The average molecular weight is 399 g/mol. The number of benzene rings is 2. The van der Waals surface area contributed by atoms with E-state index in [0.29, 0.717) is 17.0 Å². The van der Waals surface area contributed by atoms with Crippen LogP contribution >= 0.6 is 0 Å². The van der Waals surface area contributed by atoms with Gasteiger partial charge in [0.05, 0.1) is 0 Å². The van der Waals surface area contributed by atoms with Crippen LogP contribution in [0, 0.1) is 5.82 Å². The number of hydrogen-bond acceptors (Lipinski definition) is 4. The molecule has 5 nitrogen and oxygen atoms in total. The minimum absolute atomic E-state index is 0.175. The first kappa shape index (κ1) is 18.8. The Morgan fingerprint density at radius 3 is 2.25 bits per heavy atom. The van der Waals surface area contributed by atoms with Crippen molar-refractivity contribution in [1.82, 2.24) is 9.80 Å². The summed E-state index contributed by atoms with van der Waals surface area (Å²) in [6.45, 7) is 5.78. The molecule has 1 fully saturated rings. The van der Waals surface area contributed by atoms with Crippen molar-refractivity contribution >= 4 is 20.8 Å². The fraction of sp³-hybridized carbons (Fsp3) is 0.286. The van der Waals surface area contributed by atoms with E-state index in [1.807, 2.05) is 23.1 Å². The predicted octanol–water partition coefficient (Wildman–Crippen LogP) is 3.12. The SMILES string of the molecule is CC1=C(c2ccc(F)cc2)S(=O)(=O)N=C1N1CCN(Cc2ccccc2)CC1. The molecule has 2 aliphatic heterocycles. The van der Waals surface area contributed by atoms with Gasteiger partial charge in [-0.05, 0) is 30.2 Å². The van der Waals surface area contributed by atoms with Gasteiger partial charge in [-0.25, -0.2) is 4.39 Å². The Hall–Kier alpha value is -2.51. The van der Waals surface area contributed by atoms with Crippen molar-refractivity contribution in [2.45, 2.75) is 13.5 Å². The summed E-state index contributed by atoms with van der Waals surface area (Å²) in [5, 5.41) is 0. The quantitative estimate of drug-likeness (QED) is 0.796. The lowest BCUT2D eigenvalue weighted by Gasteiger charge is -2.36. The Morgan fingerprint density at radius 1 is 0.964 bits per heavy atom. The Bertz CT molecular complexity index is 1020. The van der Waals surface area contributed by atoms with Crippen LogP contribution in [-0.2, 0) is 16.6 Å². The molecule has 0 radical (unpaired) electrons. The third-order valence-corrected chi connectivity index (χ3v) is 6.64. The number of hydrogen-bond donors (Lipinski definition) is 0. The molecule has 0 saturated carbocycles. The summed E-state index contributed by atoms with van der Waals surface area (Å²) in [5.41, 5.74) is 2.37. The van der Waals surface area contributed by atoms with Crippen molar-refractivity contribution in [3.05, 3.63) is 77.1 Å². The number of amidine groups is 1. The molecule has 2 heterocycles. The Morgan fingerprint density at radius 2 is 1.61 bits per heavy atom. The Labute approximate surface area is 164 Å². The van der Waals surface area contributed by atoms with E-state index in [1.54, 1.807) is 6.92 Å². The largest absolute Gasteiger partial charge is 0.353 e. The van der Waals surface area contributed by atoms with E-state index >= 15 is 0 Å². The molecule has 2 aromatic rings. The zero-order valence-electron chi connectivity index (χ0n) is 15.7. The summed E-state index contributed by atoms with van der Waals surface area (Å²) in [5.74, 6) is 0.117. The average Bonchev–Trinajstić information content (AvgIpc) is 2.93. The van der Waals surface area contributed by atoms with Crippen LogP contribution in [0.5, 0.6) is 0 Å². The maximum atomic E-state index is 13.2. The lowest BCUT2D eigenvalue weighted by Crippen LogP contribution is -2.48. The van der Waals surface area contributed by atoms with Gasteiger partial charge in [0.2, 0.25) is 0 Å². The number of piperazine rings is 1. The van der Waals surface area contributed by atoms with E-state index in [4.69, 9.17) is 0 Å². The standard InChI is InChI=1S/C21H22FN3O2S/c1-16-20(18-7-9-19(22)10-8-18)28(26,27)23-21(16)25-13-11-24(12-14-25)15-17-5-3-2-4-6-17/h2-10H,11-15H2,1H3. The van der Waals surface area contributed by atoms with E-state index < -0.39 is 15.8 Å². The molecule has 2 aliphatic rings. The fourth-order valence-corrected chi connectivity index (χ4v) is 5.23. The highest BCUT2D eigenvalue weighted by Crippen LogP contribution is 2.33. The molecular weight excluding hydrogens is 377 g/mol. The molecule has 28 heavy (non-hydrogen) atoms. The number of sulfonamides is 1. The van der Waals surface area contributed by atoms with Gasteiger partial charge in [-0.15, -0.1) is 4.40 Å². The van der Waals surface area contributed by atoms with Gasteiger partial charge in [-0.2, -0.15) is 8.42 Å². The molecule has 0 atom stereocenters. The molecule has 0 aliphatic carbocycles. The molecular formula is C21H22FN3O2S. The summed E-state index contributed by atoms with van der Waals surface area (Å²) in [6.07, 6.45) is 0. The topological polar surface area (TPSA) is 53.0 Å². The van der Waals surface area contributed by atoms with E-state index in [-0.39, 0.29) is 4.91 Å². The molecule has 0 unspecified atom stereocenters. The van der Waals surface area contributed by atoms with Crippen LogP contribution in [0.3, 0.4) is 0 Å². The first-order chi connectivity index (χ1) is 13.4. The number of rotatable bonds is 3.